The summed E-state index contributed by atoms with van der Waals surface area (Å²) in [5.41, 5.74) is 0.887. The first-order chi connectivity index (χ1) is 15.6. The Hall–Kier alpha value is -3.71. The van der Waals surface area contributed by atoms with Gasteiger partial charge in [-0.15, -0.1) is 13.2 Å². The van der Waals surface area contributed by atoms with Crippen LogP contribution in [0, 0.1) is 0 Å². The van der Waals surface area contributed by atoms with Crippen LogP contribution in [-0.2, 0) is 10.0 Å². The van der Waals surface area contributed by atoms with E-state index in [4.69, 9.17) is 0 Å². The normalized spacial score (nSPS) is 11.8. The molecular weight excluding hydrogens is 481 g/mol. The molecule has 0 bridgehead atoms. The third kappa shape index (κ3) is 5.56. The number of carbonyl (C=O) groups excluding carboxylic acids is 1. The minimum absolute atomic E-state index is 0.0481. The summed E-state index contributed by atoms with van der Waals surface area (Å²) in [5.74, 6) is -0.958. The monoisotopic (exact) mass is 494 g/mol. The number of anilines is 2. The van der Waals surface area contributed by atoms with Gasteiger partial charge in [0.15, 0.2) is 5.13 Å². The number of aromatic nitrogens is 2. The SMILES string of the molecule is O=C(Nc1nc2ccc(OC(F)(F)F)cc2s1)c1ccc(S(=O)(=O)Nc2ccncc2)cc1. The quantitative estimate of drug-likeness (QED) is 0.404. The van der Waals surface area contributed by atoms with E-state index in [1.165, 1.54) is 60.9 Å². The van der Waals surface area contributed by atoms with Gasteiger partial charge in [0.1, 0.15) is 5.75 Å². The van der Waals surface area contributed by atoms with Gasteiger partial charge in [-0.2, -0.15) is 0 Å². The largest absolute Gasteiger partial charge is 0.573 e. The van der Waals surface area contributed by atoms with Crippen molar-refractivity contribution in [3.63, 3.8) is 0 Å². The van der Waals surface area contributed by atoms with E-state index in [0.29, 0.717) is 15.9 Å². The molecule has 4 rings (SSSR count). The lowest BCUT2D eigenvalue weighted by molar-refractivity contribution is -0.274. The van der Waals surface area contributed by atoms with Crippen molar-refractivity contribution < 1.29 is 31.1 Å². The number of fused-ring (bicyclic) bond motifs is 1. The van der Waals surface area contributed by atoms with Crippen LogP contribution in [0.3, 0.4) is 0 Å². The number of ether oxygens (including phenoxy) is 1. The number of amides is 1. The molecular formula is C20H13F3N4O4S2. The molecule has 2 heterocycles. The summed E-state index contributed by atoms with van der Waals surface area (Å²) >= 11 is 0.968. The van der Waals surface area contributed by atoms with Crippen LogP contribution in [0.2, 0.25) is 0 Å². The fraction of sp³-hybridized carbons (Fsp3) is 0.0500. The minimum Gasteiger partial charge on any atom is -0.406 e. The standard InChI is InChI=1S/C20H13F3N4O4S2/c21-20(22,23)31-14-3-6-16-17(11-14)32-19(25-16)26-18(28)12-1-4-15(5-2-12)33(29,30)27-13-7-9-24-10-8-13/h1-11H,(H,24,27)(H,25,26,28). The molecule has 13 heteroatoms. The second-order valence-corrected chi connectivity index (χ2v) is 9.23. The maximum Gasteiger partial charge on any atom is 0.573 e. The molecule has 33 heavy (non-hydrogen) atoms. The lowest BCUT2D eigenvalue weighted by atomic mass is 10.2. The number of rotatable bonds is 6. The van der Waals surface area contributed by atoms with Gasteiger partial charge < -0.3 is 4.74 Å². The van der Waals surface area contributed by atoms with Gasteiger partial charge in [-0.3, -0.25) is 19.8 Å². The molecule has 0 saturated heterocycles. The predicted octanol–water partition coefficient (Wildman–Crippen LogP) is 4.64. The number of nitrogens with zero attached hydrogens (tertiary/aromatic N) is 2. The van der Waals surface area contributed by atoms with E-state index >= 15 is 0 Å². The molecule has 2 N–H and O–H groups in total. The number of carbonyl (C=O) groups is 1. The zero-order valence-corrected chi connectivity index (χ0v) is 18.0. The summed E-state index contributed by atoms with van der Waals surface area (Å²) in [6, 6.07) is 11.8. The summed E-state index contributed by atoms with van der Waals surface area (Å²) in [4.78, 5) is 20.4. The number of hydrogen-bond acceptors (Lipinski definition) is 7. The maximum atomic E-state index is 12.5. The molecule has 0 spiro atoms. The zero-order chi connectivity index (χ0) is 23.6. The molecule has 2 aromatic carbocycles. The van der Waals surface area contributed by atoms with Crippen molar-refractivity contribution in [1.29, 1.82) is 0 Å². The van der Waals surface area contributed by atoms with Gasteiger partial charge in [0.2, 0.25) is 0 Å². The van der Waals surface area contributed by atoms with Crippen molar-refractivity contribution in [2.45, 2.75) is 11.3 Å². The number of sulfonamides is 1. The summed E-state index contributed by atoms with van der Waals surface area (Å²) < 4.78 is 68.7. The number of thiazole rings is 1. The van der Waals surface area contributed by atoms with Crippen molar-refractivity contribution in [2.24, 2.45) is 0 Å². The van der Waals surface area contributed by atoms with Gasteiger partial charge in [0.25, 0.3) is 15.9 Å². The molecule has 170 valence electrons. The van der Waals surface area contributed by atoms with Crippen LogP contribution in [0.15, 0.2) is 71.9 Å². The molecule has 0 aliphatic rings. The van der Waals surface area contributed by atoms with Crippen molar-refractivity contribution >= 4 is 48.3 Å². The van der Waals surface area contributed by atoms with Gasteiger partial charge in [0.05, 0.1) is 20.8 Å². The van der Waals surface area contributed by atoms with Crippen LogP contribution in [0.4, 0.5) is 24.0 Å². The van der Waals surface area contributed by atoms with Crippen molar-refractivity contribution in [3.05, 3.63) is 72.6 Å². The van der Waals surface area contributed by atoms with Gasteiger partial charge in [-0.05, 0) is 48.5 Å². The highest BCUT2D eigenvalue weighted by Gasteiger charge is 2.31. The summed E-state index contributed by atoms with van der Waals surface area (Å²) in [6.45, 7) is 0. The van der Waals surface area contributed by atoms with Gasteiger partial charge in [-0.1, -0.05) is 11.3 Å². The van der Waals surface area contributed by atoms with E-state index in [1.807, 2.05) is 0 Å². The Morgan fingerprint density at radius 1 is 1.00 bits per heavy atom. The van der Waals surface area contributed by atoms with Crippen molar-refractivity contribution in [3.8, 4) is 5.75 Å². The van der Waals surface area contributed by atoms with Crippen LogP contribution in [-0.4, -0.2) is 30.7 Å². The van der Waals surface area contributed by atoms with Crippen molar-refractivity contribution in [2.75, 3.05) is 10.0 Å². The van der Waals surface area contributed by atoms with E-state index in [1.54, 1.807) is 0 Å². The van der Waals surface area contributed by atoms with Gasteiger partial charge >= 0.3 is 6.36 Å². The molecule has 0 aliphatic heterocycles. The molecule has 0 fully saturated rings. The number of benzene rings is 2. The summed E-state index contributed by atoms with van der Waals surface area (Å²) in [7, 11) is -3.86. The Kier molecular flexibility index (Phi) is 5.91. The van der Waals surface area contributed by atoms with E-state index in [9.17, 15) is 26.4 Å². The Morgan fingerprint density at radius 2 is 1.70 bits per heavy atom. The molecule has 4 aromatic rings. The molecule has 0 aliphatic carbocycles. The number of hydrogen-bond donors (Lipinski definition) is 2. The molecule has 8 nitrogen and oxygen atoms in total. The Bertz CT molecular complexity index is 1410. The average Bonchev–Trinajstić information content (AvgIpc) is 3.14. The fourth-order valence-electron chi connectivity index (χ4n) is 2.74. The Morgan fingerprint density at radius 3 is 2.36 bits per heavy atom. The number of pyridine rings is 1. The molecule has 0 atom stereocenters. The maximum absolute atomic E-state index is 12.5. The lowest BCUT2D eigenvalue weighted by Gasteiger charge is -2.08. The van der Waals surface area contributed by atoms with Crippen LogP contribution in [0.25, 0.3) is 10.2 Å². The molecule has 1 amide bonds. The van der Waals surface area contributed by atoms with Crippen LogP contribution < -0.4 is 14.8 Å². The second kappa shape index (κ2) is 8.67. The highest BCUT2D eigenvalue weighted by molar-refractivity contribution is 7.92. The van der Waals surface area contributed by atoms with Gasteiger partial charge in [-0.25, -0.2) is 13.4 Å². The number of alkyl halides is 3. The molecule has 0 radical (unpaired) electrons. The smallest absolute Gasteiger partial charge is 0.406 e. The third-order valence-electron chi connectivity index (χ3n) is 4.17. The Labute approximate surface area is 189 Å². The second-order valence-electron chi connectivity index (χ2n) is 6.52. The van der Waals surface area contributed by atoms with E-state index in [0.717, 1.165) is 17.4 Å². The van der Waals surface area contributed by atoms with Crippen LogP contribution in [0.5, 0.6) is 5.75 Å². The fourth-order valence-corrected chi connectivity index (χ4v) is 4.69. The van der Waals surface area contributed by atoms with Gasteiger partial charge in [0, 0.05) is 24.0 Å². The minimum atomic E-state index is -4.82. The first-order valence-electron chi connectivity index (χ1n) is 9.10. The van der Waals surface area contributed by atoms with E-state index < -0.39 is 28.0 Å². The highest BCUT2D eigenvalue weighted by atomic mass is 32.2. The summed E-state index contributed by atoms with van der Waals surface area (Å²) in [6.07, 6.45) is -1.93. The predicted molar refractivity (Wildman–Crippen MR) is 116 cm³/mol. The lowest BCUT2D eigenvalue weighted by Crippen LogP contribution is -2.16. The Balaban J connectivity index is 1.47. The van der Waals surface area contributed by atoms with E-state index in [2.05, 4.69) is 24.7 Å². The molecule has 0 unspecified atom stereocenters. The van der Waals surface area contributed by atoms with E-state index in [-0.39, 0.29) is 15.6 Å². The molecule has 2 aromatic heterocycles. The number of nitrogens with one attached hydrogen (secondary N) is 2. The topological polar surface area (TPSA) is 110 Å². The first kappa shape index (κ1) is 22.5. The molecule has 0 saturated carbocycles. The third-order valence-corrected chi connectivity index (χ3v) is 6.50. The average molecular weight is 494 g/mol. The number of halogens is 3. The van der Waals surface area contributed by atoms with Crippen molar-refractivity contribution in [1.82, 2.24) is 9.97 Å². The first-order valence-corrected chi connectivity index (χ1v) is 11.4. The van der Waals surface area contributed by atoms with Crippen LogP contribution >= 0.6 is 11.3 Å². The summed E-state index contributed by atoms with van der Waals surface area (Å²) in [5, 5.41) is 2.71. The highest BCUT2D eigenvalue weighted by Crippen LogP contribution is 2.31. The zero-order valence-electron chi connectivity index (χ0n) is 16.3. The van der Waals surface area contributed by atoms with Crippen LogP contribution in [0.1, 0.15) is 10.4 Å².